The van der Waals surface area contributed by atoms with Crippen LogP contribution in [0.5, 0.6) is 0 Å². The smallest absolute Gasteiger partial charge is 0.343 e. The van der Waals surface area contributed by atoms with Gasteiger partial charge in [-0.3, -0.25) is 14.2 Å². The molecule has 0 saturated carbocycles. The third-order valence-electron chi connectivity index (χ3n) is 6.44. The molecule has 4 heterocycles. The fourth-order valence-electron chi connectivity index (χ4n) is 4.66. The van der Waals surface area contributed by atoms with Crippen LogP contribution in [-0.4, -0.2) is 31.7 Å². The van der Waals surface area contributed by atoms with Crippen molar-refractivity contribution in [3.63, 3.8) is 0 Å². The average molecular weight is 420 g/mol. The van der Waals surface area contributed by atoms with Gasteiger partial charge in [0.1, 0.15) is 6.61 Å². The van der Waals surface area contributed by atoms with E-state index in [2.05, 4.69) is 0 Å². The largest absolute Gasteiger partial charge is 0.481 e. The van der Waals surface area contributed by atoms with Gasteiger partial charge in [0.2, 0.25) is 0 Å². The standard InChI is InChI=1S/C23H20N2O6/c1-3-23(30)15-9-17-18-13(8-12-6-4-5-7-16(12)24-18)19(11(2)21(27)28)25(17)20(26)14(15)10-31-22(23)29/h4-9,11,19,30H,3,10H2,1-2H3,(H,27,28)/t11?,19?,23-/m0/s1. The number of para-hydroxylation sites is 1. The van der Waals surface area contributed by atoms with Crippen molar-refractivity contribution in [1.82, 2.24) is 9.55 Å². The number of carboxylic acids is 1. The number of pyridine rings is 2. The van der Waals surface area contributed by atoms with E-state index in [9.17, 15) is 24.6 Å². The summed E-state index contributed by atoms with van der Waals surface area (Å²) in [5.74, 6) is -2.75. The van der Waals surface area contributed by atoms with Gasteiger partial charge in [0.05, 0.1) is 34.4 Å². The molecule has 2 unspecified atom stereocenters. The quantitative estimate of drug-likeness (QED) is 0.624. The lowest BCUT2D eigenvalue weighted by Crippen LogP contribution is -2.45. The Bertz CT molecular complexity index is 1340. The molecule has 8 heteroatoms. The van der Waals surface area contributed by atoms with Crippen molar-refractivity contribution in [2.24, 2.45) is 5.92 Å². The third-order valence-corrected chi connectivity index (χ3v) is 6.44. The second kappa shape index (κ2) is 6.49. The molecule has 2 aliphatic heterocycles. The fraction of sp³-hybridized carbons (Fsp3) is 0.304. The molecule has 158 valence electrons. The second-order valence-corrected chi connectivity index (χ2v) is 8.08. The lowest BCUT2D eigenvalue weighted by Gasteiger charge is -2.32. The number of aliphatic carboxylic acids is 1. The Kier molecular flexibility index (Phi) is 4.07. The lowest BCUT2D eigenvalue weighted by atomic mass is 9.86. The van der Waals surface area contributed by atoms with Gasteiger partial charge in [-0.2, -0.15) is 0 Å². The first kappa shape index (κ1) is 19.4. The van der Waals surface area contributed by atoms with E-state index in [-0.39, 0.29) is 24.2 Å². The molecule has 5 rings (SSSR count). The molecular weight excluding hydrogens is 400 g/mol. The fourth-order valence-corrected chi connectivity index (χ4v) is 4.66. The Hall–Kier alpha value is -3.52. The van der Waals surface area contributed by atoms with Crippen LogP contribution in [0.25, 0.3) is 22.3 Å². The highest BCUT2D eigenvalue weighted by Gasteiger charge is 2.47. The lowest BCUT2D eigenvalue weighted by molar-refractivity contribution is -0.172. The van der Waals surface area contributed by atoms with Crippen LogP contribution in [0.15, 0.2) is 41.2 Å². The Morgan fingerprint density at radius 1 is 1.32 bits per heavy atom. The Balaban J connectivity index is 1.88. The van der Waals surface area contributed by atoms with Crippen molar-refractivity contribution in [2.75, 3.05) is 0 Å². The van der Waals surface area contributed by atoms with Crippen LogP contribution in [0.4, 0.5) is 0 Å². The molecule has 0 amide bonds. The number of rotatable bonds is 3. The molecule has 3 atom stereocenters. The molecule has 1 aromatic carbocycles. The van der Waals surface area contributed by atoms with E-state index in [0.29, 0.717) is 22.5 Å². The average Bonchev–Trinajstić information content (AvgIpc) is 3.08. The van der Waals surface area contributed by atoms with Gasteiger partial charge in [-0.25, -0.2) is 9.78 Å². The van der Waals surface area contributed by atoms with Gasteiger partial charge in [-0.05, 0) is 31.5 Å². The molecule has 0 radical (unpaired) electrons. The molecule has 0 aliphatic carbocycles. The van der Waals surface area contributed by atoms with Gasteiger partial charge in [-0.1, -0.05) is 25.1 Å². The molecule has 0 fully saturated rings. The molecular formula is C23H20N2O6. The summed E-state index contributed by atoms with van der Waals surface area (Å²) in [5, 5.41) is 21.6. The number of esters is 1. The van der Waals surface area contributed by atoms with Crippen molar-refractivity contribution in [2.45, 2.75) is 38.5 Å². The monoisotopic (exact) mass is 420 g/mol. The zero-order chi connectivity index (χ0) is 22.1. The first-order valence-electron chi connectivity index (χ1n) is 10.1. The van der Waals surface area contributed by atoms with Crippen molar-refractivity contribution < 1.29 is 24.5 Å². The van der Waals surface area contributed by atoms with Gasteiger partial charge in [0.15, 0.2) is 5.60 Å². The number of cyclic esters (lactones) is 1. The number of carboxylic acid groups (broad SMARTS) is 1. The van der Waals surface area contributed by atoms with Crippen molar-refractivity contribution >= 4 is 22.8 Å². The summed E-state index contributed by atoms with van der Waals surface area (Å²) in [4.78, 5) is 42.5. The number of carbonyl (C=O) groups is 2. The number of nitrogens with zero attached hydrogens (tertiary/aromatic N) is 2. The molecule has 2 N–H and O–H groups in total. The molecule has 8 nitrogen and oxygen atoms in total. The SMILES string of the molecule is CC[C@@]1(O)C(=O)OCc2c1cc1n(c2=O)C(C(C)C(=O)O)c2cc3ccccc3nc2-1. The number of ether oxygens (including phenoxy) is 1. The van der Waals surface area contributed by atoms with Crippen molar-refractivity contribution in [1.29, 1.82) is 0 Å². The van der Waals surface area contributed by atoms with Crippen LogP contribution < -0.4 is 5.56 Å². The normalized spacial score (nSPS) is 22.4. The summed E-state index contributed by atoms with van der Waals surface area (Å²) in [7, 11) is 0. The first-order valence-corrected chi connectivity index (χ1v) is 10.1. The van der Waals surface area contributed by atoms with Gasteiger partial charge in [-0.15, -0.1) is 0 Å². The summed E-state index contributed by atoms with van der Waals surface area (Å²) in [6, 6.07) is 10.1. The number of carbonyl (C=O) groups excluding carboxylic acids is 1. The highest BCUT2D eigenvalue weighted by molar-refractivity contribution is 5.87. The molecule has 31 heavy (non-hydrogen) atoms. The number of benzene rings is 1. The molecule has 2 aliphatic rings. The van der Waals surface area contributed by atoms with E-state index in [1.54, 1.807) is 19.9 Å². The summed E-state index contributed by atoms with van der Waals surface area (Å²) in [6.45, 7) is 2.92. The maximum absolute atomic E-state index is 13.6. The van der Waals surface area contributed by atoms with E-state index in [4.69, 9.17) is 9.72 Å². The predicted octanol–water partition coefficient (Wildman–Crippen LogP) is 2.34. The second-order valence-electron chi connectivity index (χ2n) is 8.08. The zero-order valence-electron chi connectivity index (χ0n) is 17.0. The summed E-state index contributed by atoms with van der Waals surface area (Å²) >= 11 is 0. The first-order chi connectivity index (χ1) is 14.8. The Morgan fingerprint density at radius 2 is 2.06 bits per heavy atom. The van der Waals surface area contributed by atoms with E-state index in [1.807, 2.05) is 30.3 Å². The number of aliphatic hydroxyl groups is 1. The highest BCUT2D eigenvalue weighted by atomic mass is 16.6. The number of hydrogen-bond donors (Lipinski definition) is 2. The number of aromatic nitrogens is 2. The van der Waals surface area contributed by atoms with Crippen LogP contribution in [0.2, 0.25) is 0 Å². The Labute approximate surface area is 176 Å². The van der Waals surface area contributed by atoms with Crippen LogP contribution in [0.1, 0.15) is 43.0 Å². The van der Waals surface area contributed by atoms with E-state index >= 15 is 0 Å². The molecule has 0 spiro atoms. The van der Waals surface area contributed by atoms with Crippen LogP contribution in [0, 0.1) is 5.92 Å². The highest BCUT2D eigenvalue weighted by Crippen LogP contribution is 2.45. The maximum Gasteiger partial charge on any atom is 0.343 e. The predicted molar refractivity (Wildman–Crippen MR) is 110 cm³/mol. The van der Waals surface area contributed by atoms with E-state index < -0.39 is 35.1 Å². The van der Waals surface area contributed by atoms with Crippen LogP contribution >= 0.6 is 0 Å². The minimum absolute atomic E-state index is 0.0364. The van der Waals surface area contributed by atoms with Crippen molar-refractivity contribution in [3.8, 4) is 11.4 Å². The molecule has 2 aromatic heterocycles. The summed E-state index contributed by atoms with van der Waals surface area (Å²) in [5.41, 5.74) is 0.146. The van der Waals surface area contributed by atoms with Crippen molar-refractivity contribution in [3.05, 3.63) is 63.4 Å². The van der Waals surface area contributed by atoms with Crippen LogP contribution in [0.3, 0.4) is 0 Å². The minimum Gasteiger partial charge on any atom is -0.481 e. The minimum atomic E-state index is -1.93. The van der Waals surface area contributed by atoms with E-state index in [1.165, 1.54) is 4.57 Å². The van der Waals surface area contributed by atoms with Gasteiger partial charge in [0, 0.05) is 16.5 Å². The van der Waals surface area contributed by atoms with Gasteiger partial charge < -0.3 is 14.9 Å². The Morgan fingerprint density at radius 3 is 2.77 bits per heavy atom. The topological polar surface area (TPSA) is 119 Å². The molecule has 3 aromatic rings. The van der Waals surface area contributed by atoms with Gasteiger partial charge >= 0.3 is 11.9 Å². The van der Waals surface area contributed by atoms with E-state index in [0.717, 1.165) is 5.39 Å². The number of hydrogen-bond acceptors (Lipinski definition) is 6. The van der Waals surface area contributed by atoms with Crippen LogP contribution in [-0.2, 0) is 26.5 Å². The summed E-state index contributed by atoms with van der Waals surface area (Å²) in [6.07, 6.45) is 0.0364. The third kappa shape index (κ3) is 2.51. The number of fused-ring (bicyclic) bond motifs is 5. The zero-order valence-corrected chi connectivity index (χ0v) is 17.0. The van der Waals surface area contributed by atoms with Gasteiger partial charge in [0.25, 0.3) is 5.56 Å². The maximum atomic E-state index is 13.6. The molecule has 0 bridgehead atoms. The summed E-state index contributed by atoms with van der Waals surface area (Å²) < 4.78 is 6.52. The molecule has 0 saturated heterocycles.